The number of hydrogen-bond acceptors (Lipinski definition) is 6. The Morgan fingerprint density at radius 2 is 1.59 bits per heavy atom. The van der Waals surface area contributed by atoms with E-state index in [0.717, 1.165) is 4.47 Å². The predicted molar refractivity (Wildman–Crippen MR) is 128 cm³/mol. The molecule has 0 aliphatic rings. The molecule has 0 amide bonds. The molecule has 0 unspecified atom stereocenters. The molecule has 9 heteroatoms. The maximum absolute atomic E-state index is 12.7. The number of benzene rings is 3. The molecule has 0 aliphatic heterocycles. The quantitative estimate of drug-likeness (QED) is 0.269. The zero-order valence-electron chi connectivity index (χ0n) is 16.6. The Kier molecular flexibility index (Phi) is 6.29. The molecule has 0 atom stereocenters. The van der Waals surface area contributed by atoms with E-state index in [1.807, 2.05) is 12.1 Å². The molecule has 0 bridgehead atoms. The molecule has 4 aromatic rings. The third-order valence-corrected chi connectivity index (χ3v) is 6.36. The van der Waals surface area contributed by atoms with Crippen LogP contribution in [0.4, 0.5) is 11.5 Å². The average molecular weight is 509 g/mol. The number of rotatable bonds is 7. The Bertz CT molecular complexity index is 1400. The number of halogens is 1. The van der Waals surface area contributed by atoms with Crippen molar-refractivity contribution < 1.29 is 13.2 Å². The first kappa shape index (κ1) is 21.7. The summed E-state index contributed by atoms with van der Waals surface area (Å²) in [6, 6.07) is 20.4. The second-order valence-corrected chi connectivity index (χ2v) is 9.32. The van der Waals surface area contributed by atoms with Gasteiger partial charge in [0, 0.05) is 28.0 Å². The van der Waals surface area contributed by atoms with Crippen LogP contribution < -0.4 is 10.0 Å². The Morgan fingerprint density at radius 1 is 0.906 bits per heavy atom. The first-order valence-electron chi connectivity index (χ1n) is 9.48. The molecule has 0 saturated heterocycles. The monoisotopic (exact) mass is 508 g/mol. The molecule has 2 N–H and O–H groups in total. The second kappa shape index (κ2) is 9.29. The minimum absolute atomic E-state index is 0.0768. The van der Waals surface area contributed by atoms with Gasteiger partial charge in [-0.15, -0.1) is 0 Å². The van der Waals surface area contributed by atoms with Gasteiger partial charge in [0.1, 0.15) is 0 Å². The van der Waals surface area contributed by atoms with Gasteiger partial charge >= 0.3 is 0 Å². The highest BCUT2D eigenvalue weighted by Gasteiger charge is 2.15. The fourth-order valence-electron chi connectivity index (χ4n) is 2.86. The first-order valence-corrected chi connectivity index (χ1v) is 11.8. The van der Waals surface area contributed by atoms with E-state index in [0.29, 0.717) is 22.3 Å². The van der Waals surface area contributed by atoms with Crippen LogP contribution in [0.2, 0.25) is 0 Å². The Morgan fingerprint density at radius 3 is 2.31 bits per heavy atom. The van der Waals surface area contributed by atoms with Gasteiger partial charge in [0.25, 0.3) is 10.0 Å². The number of allylic oxidation sites excluding steroid dienone is 1. The van der Waals surface area contributed by atoms with Crippen molar-refractivity contribution in [2.45, 2.75) is 4.90 Å². The lowest BCUT2D eigenvalue weighted by molar-refractivity contribution is 0.104. The van der Waals surface area contributed by atoms with E-state index in [9.17, 15) is 13.2 Å². The van der Waals surface area contributed by atoms with Crippen LogP contribution in [-0.2, 0) is 10.0 Å². The molecule has 32 heavy (non-hydrogen) atoms. The second-order valence-electron chi connectivity index (χ2n) is 6.72. The van der Waals surface area contributed by atoms with Crippen LogP contribution in [0.3, 0.4) is 0 Å². The molecular weight excluding hydrogens is 492 g/mol. The van der Waals surface area contributed by atoms with Crippen LogP contribution in [0.1, 0.15) is 10.4 Å². The molecule has 0 saturated carbocycles. The average Bonchev–Trinajstić information content (AvgIpc) is 2.79. The van der Waals surface area contributed by atoms with Crippen LogP contribution in [0, 0.1) is 0 Å². The lowest BCUT2D eigenvalue weighted by atomic mass is 10.1. The summed E-state index contributed by atoms with van der Waals surface area (Å²) in [7, 11) is -3.83. The fraction of sp³-hybridized carbons (Fsp3) is 0. The molecular formula is C23H17BrN4O3S. The van der Waals surface area contributed by atoms with E-state index in [2.05, 4.69) is 35.9 Å². The number of nitrogens with one attached hydrogen (secondary N) is 2. The molecule has 0 radical (unpaired) electrons. The minimum atomic E-state index is -3.83. The summed E-state index contributed by atoms with van der Waals surface area (Å²) in [6.45, 7) is 0. The summed E-state index contributed by atoms with van der Waals surface area (Å²) in [6.07, 6.45) is 4.30. The van der Waals surface area contributed by atoms with Gasteiger partial charge in [-0.3, -0.25) is 14.5 Å². The standard InChI is InChI=1S/C23H17BrN4O3S/c24-17-7-5-16(6-8-17)22(29)13-14-25-18-9-11-19(12-10-18)32(30,31)28-23-15-26-20-3-1-2-4-21(20)27-23/h1-15,25H,(H,27,28). The van der Waals surface area contributed by atoms with Crippen LogP contribution in [0.5, 0.6) is 0 Å². The topological polar surface area (TPSA) is 101 Å². The van der Waals surface area contributed by atoms with Gasteiger partial charge in [0.2, 0.25) is 0 Å². The smallest absolute Gasteiger partial charge is 0.263 e. The number of aromatic nitrogens is 2. The number of fused-ring (bicyclic) bond motifs is 1. The molecule has 0 spiro atoms. The summed E-state index contributed by atoms with van der Waals surface area (Å²) in [5, 5.41) is 2.96. The van der Waals surface area contributed by atoms with E-state index in [4.69, 9.17) is 0 Å². The van der Waals surface area contributed by atoms with Crippen LogP contribution >= 0.6 is 15.9 Å². The Hall–Kier alpha value is -3.56. The normalized spacial score (nSPS) is 11.5. The molecule has 1 heterocycles. The van der Waals surface area contributed by atoms with Gasteiger partial charge in [-0.25, -0.2) is 13.4 Å². The summed E-state index contributed by atoms with van der Waals surface area (Å²) < 4.78 is 28.7. The van der Waals surface area contributed by atoms with Gasteiger partial charge in [0.15, 0.2) is 11.6 Å². The van der Waals surface area contributed by atoms with Gasteiger partial charge in [-0.05, 0) is 60.7 Å². The molecule has 4 rings (SSSR count). The number of ketones is 1. The predicted octanol–water partition coefficient (Wildman–Crippen LogP) is 5.00. The molecule has 3 aromatic carbocycles. The molecule has 160 valence electrons. The van der Waals surface area contributed by atoms with Gasteiger partial charge in [-0.2, -0.15) is 0 Å². The van der Waals surface area contributed by atoms with Crippen molar-refractivity contribution in [1.82, 2.24) is 9.97 Å². The molecule has 1 aromatic heterocycles. The van der Waals surface area contributed by atoms with Gasteiger partial charge in [-0.1, -0.05) is 28.1 Å². The van der Waals surface area contributed by atoms with Crippen LogP contribution in [0.15, 0.2) is 101 Å². The van der Waals surface area contributed by atoms with Gasteiger partial charge in [0.05, 0.1) is 22.1 Å². The molecule has 7 nitrogen and oxygen atoms in total. The van der Waals surface area contributed by atoms with Crippen molar-refractivity contribution >= 4 is 54.3 Å². The van der Waals surface area contributed by atoms with E-state index >= 15 is 0 Å². The Labute approximate surface area is 193 Å². The van der Waals surface area contributed by atoms with Crippen LogP contribution in [0.25, 0.3) is 11.0 Å². The number of carbonyl (C=O) groups excluding carboxylic acids is 1. The van der Waals surface area contributed by atoms with Crippen molar-refractivity contribution in [3.05, 3.63) is 101 Å². The SMILES string of the molecule is O=C(C=CNc1ccc(S(=O)(=O)Nc2cnc3ccccc3n2)cc1)c1ccc(Br)cc1. The zero-order chi connectivity index (χ0) is 22.6. The molecule has 0 fully saturated rings. The maximum atomic E-state index is 12.7. The van der Waals surface area contributed by atoms with Crippen molar-refractivity contribution in [2.75, 3.05) is 10.0 Å². The number of carbonyl (C=O) groups is 1. The summed E-state index contributed by atoms with van der Waals surface area (Å²) >= 11 is 3.33. The van der Waals surface area contributed by atoms with Crippen molar-refractivity contribution in [3.63, 3.8) is 0 Å². The number of nitrogens with zero attached hydrogens (tertiary/aromatic N) is 2. The van der Waals surface area contributed by atoms with E-state index < -0.39 is 10.0 Å². The largest absolute Gasteiger partial charge is 0.362 e. The van der Waals surface area contributed by atoms with E-state index in [1.165, 1.54) is 30.6 Å². The maximum Gasteiger partial charge on any atom is 0.263 e. The minimum Gasteiger partial charge on any atom is -0.362 e. The summed E-state index contributed by atoms with van der Waals surface area (Å²) in [5.41, 5.74) is 2.47. The fourth-order valence-corrected chi connectivity index (χ4v) is 4.11. The Balaban J connectivity index is 1.41. The number of hydrogen-bond donors (Lipinski definition) is 2. The lowest BCUT2D eigenvalue weighted by Crippen LogP contribution is -2.14. The van der Waals surface area contributed by atoms with E-state index in [-0.39, 0.29) is 16.5 Å². The highest BCUT2D eigenvalue weighted by molar-refractivity contribution is 9.10. The third-order valence-electron chi connectivity index (χ3n) is 4.47. The molecule has 0 aliphatic carbocycles. The number of para-hydroxylation sites is 2. The van der Waals surface area contributed by atoms with Crippen LogP contribution in [-0.4, -0.2) is 24.2 Å². The van der Waals surface area contributed by atoms with Crippen molar-refractivity contribution in [3.8, 4) is 0 Å². The summed E-state index contributed by atoms with van der Waals surface area (Å²) in [4.78, 5) is 20.7. The highest BCUT2D eigenvalue weighted by Crippen LogP contribution is 2.19. The first-order chi connectivity index (χ1) is 15.4. The van der Waals surface area contributed by atoms with Gasteiger partial charge < -0.3 is 5.32 Å². The lowest BCUT2D eigenvalue weighted by Gasteiger charge is -2.08. The third kappa shape index (κ3) is 5.19. The number of anilines is 2. The van der Waals surface area contributed by atoms with Crippen molar-refractivity contribution in [2.24, 2.45) is 0 Å². The summed E-state index contributed by atoms with van der Waals surface area (Å²) in [5.74, 6) is -0.00909. The van der Waals surface area contributed by atoms with Crippen molar-refractivity contribution in [1.29, 1.82) is 0 Å². The number of sulfonamides is 1. The van der Waals surface area contributed by atoms with E-state index in [1.54, 1.807) is 48.5 Å². The highest BCUT2D eigenvalue weighted by atomic mass is 79.9. The zero-order valence-corrected chi connectivity index (χ0v) is 19.0.